The van der Waals surface area contributed by atoms with Crippen LogP contribution in [-0.4, -0.2) is 72.4 Å². The number of carbonyl (C=O) groups excluding carboxylic acids is 1. The predicted octanol–water partition coefficient (Wildman–Crippen LogP) is 3.68. The van der Waals surface area contributed by atoms with Crippen molar-refractivity contribution in [3.63, 3.8) is 0 Å². The third-order valence-corrected chi connectivity index (χ3v) is 7.41. The van der Waals surface area contributed by atoms with Crippen LogP contribution in [0.3, 0.4) is 0 Å². The van der Waals surface area contributed by atoms with Gasteiger partial charge in [-0.2, -0.15) is 13.2 Å². The zero-order chi connectivity index (χ0) is 23.8. The topological polar surface area (TPSA) is 70.1 Å². The molecule has 33 heavy (non-hydrogen) atoms. The van der Waals surface area contributed by atoms with E-state index in [1.165, 1.54) is 12.0 Å². The summed E-state index contributed by atoms with van der Waals surface area (Å²) in [5.41, 5.74) is 4.75. The van der Waals surface area contributed by atoms with Crippen LogP contribution >= 0.6 is 0 Å². The van der Waals surface area contributed by atoms with Gasteiger partial charge in [0.1, 0.15) is 0 Å². The molecule has 1 aromatic carbocycles. The van der Waals surface area contributed by atoms with E-state index in [9.17, 15) is 18.0 Å². The number of ether oxygens (including phenoxy) is 1. The van der Waals surface area contributed by atoms with Gasteiger partial charge in [0.25, 0.3) is 0 Å². The lowest BCUT2D eigenvalue weighted by molar-refractivity contribution is -0.192. The van der Waals surface area contributed by atoms with Gasteiger partial charge in [0, 0.05) is 43.6 Å². The highest BCUT2D eigenvalue weighted by atomic mass is 19.4. The molecule has 0 radical (unpaired) electrons. The first-order chi connectivity index (χ1) is 15.6. The van der Waals surface area contributed by atoms with E-state index in [2.05, 4.69) is 34.9 Å². The summed E-state index contributed by atoms with van der Waals surface area (Å²) < 4.78 is 37.3. The Morgan fingerprint density at radius 2 is 1.70 bits per heavy atom. The number of hydrogen-bond acceptors (Lipinski definition) is 4. The van der Waals surface area contributed by atoms with Crippen LogP contribution < -0.4 is 0 Å². The minimum atomic E-state index is -5.08. The highest BCUT2D eigenvalue weighted by Gasteiger charge is 2.48. The Balaban J connectivity index is 0.000000325. The van der Waals surface area contributed by atoms with E-state index in [1.54, 1.807) is 11.1 Å². The van der Waals surface area contributed by atoms with E-state index >= 15 is 0 Å². The van der Waals surface area contributed by atoms with Crippen molar-refractivity contribution < 1.29 is 32.6 Å². The van der Waals surface area contributed by atoms with Gasteiger partial charge in [0.2, 0.25) is 5.91 Å². The van der Waals surface area contributed by atoms with Gasteiger partial charge in [0.05, 0.1) is 13.2 Å². The van der Waals surface area contributed by atoms with Gasteiger partial charge in [-0.25, -0.2) is 4.79 Å². The van der Waals surface area contributed by atoms with E-state index in [-0.39, 0.29) is 5.41 Å². The number of carboxylic acid groups (broad SMARTS) is 1. The second-order valence-electron chi connectivity index (χ2n) is 9.64. The van der Waals surface area contributed by atoms with Crippen molar-refractivity contribution in [2.45, 2.75) is 56.7 Å². The van der Waals surface area contributed by atoms with Gasteiger partial charge in [-0.15, -0.1) is 0 Å². The number of piperidine rings is 1. The minimum absolute atomic E-state index is 0.269. The van der Waals surface area contributed by atoms with Crippen LogP contribution in [0.15, 0.2) is 18.2 Å². The summed E-state index contributed by atoms with van der Waals surface area (Å²) in [4.78, 5) is 26.2. The molecule has 2 heterocycles. The quantitative estimate of drug-likeness (QED) is 0.717. The van der Waals surface area contributed by atoms with E-state index in [4.69, 9.17) is 14.6 Å². The summed E-state index contributed by atoms with van der Waals surface area (Å²) in [6, 6.07) is 7.62. The minimum Gasteiger partial charge on any atom is -0.475 e. The number of rotatable bonds is 2. The summed E-state index contributed by atoms with van der Waals surface area (Å²) >= 11 is 0. The maximum Gasteiger partial charge on any atom is 0.490 e. The molecule has 3 fully saturated rings. The zero-order valence-corrected chi connectivity index (χ0v) is 18.9. The first-order valence-corrected chi connectivity index (χ1v) is 11.6. The van der Waals surface area contributed by atoms with Crippen molar-refractivity contribution in [1.29, 1.82) is 0 Å². The lowest BCUT2D eigenvalue weighted by Gasteiger charge is -2.41. The van der Waals surface area contributed by atoms with E-state index in [1.807, 2.05) is 0 Å². The molecule has 5 rings (SSSR count). The van der Waals surface area contributed by atoms with E-state index < -0.39 is 12.1 Å². The number of alkyl halides is 3. The highest BCUT2D eigenvalue weighted by molar-refractivity contribution is 5.81. The number of carboxylic acids is 1. The predicted molar refractivity (Wildman–Crippen MR) is 115 cm³/mol. The Morgan fingerprint density at radius 3 is 2.24 bits per heavy atom. The molecule has 0 aromatic heterocycles. The molecule has 1 amide bonds. The molecule has 182 valence electrons. The van der Waals surface area contributed by atoms with Crippen LogP contribution in [0, 0.1) is 12.8 Å². The van der Waals surface area contributed by atoms with Crippen molar-refractivity contribution in [1.82, 2.24) is 9.80 Å². The second-order valence-corrected chi connectivity index (χ2v) is 9.64. The Bertz CT molecular complexity index is 886. The number of likely N-dealkylation sites (tertiary alicyclic amines) is 1. The summed E-state index contributed by atoms with van der Waals surface area (Å²) in [6.45, 7) is 7.89. The summed E-state index contributed by atoms with van der Waals surface area (Å²) in [6.07, 6.45) is 0.617. The Kier molecular flexibility index (Phi) is 6.73. The lowest BCUT2D eigenvalue weighted by atomic mass is 9.73. The van der Waals surface area contributed by atoms with Crippen LogP contribution in [0.4, 0.5) is 13.2 Å². The number of aryl methyl sites for hydroxylation is 1. The average Bonchev–Trinajstić information content (AvgIpc) is 3.59. The fourth-order valence-corrected chi connectivity index (χ4v) is 5.44. The zero-order valence-electron chi connectivity index (χ0n) is 18.9. The number of carbonyl (C=O) groups is 2. The monoisotopic (exact) mass is 468 g/mol. The molecule has 2 aliphatic heterocycles. The normalized spacial score (nSPS) is 24.7. The SMILES string of the molecule is Cc1ccc2c(c1)C1(CCN(C(=O)C3CC3)CC1)CC2N1CCOCC1.O=C(O)C(F)(F)F. The van der Waals surface area contributed by atoms with Crippen LogP contribution in [0.1, 0.15) is 54.8 Å². The molecule has 4 aliphatic rings. The molecule has 1 N–H and O–H groups in total. The van der Waals surface area contributed by atoms with Crippen LogP contribution in [-0.2, 0) is 19.7 Å². The molecular weight excluding hydrogens is 437 g/mol. The average molecular weight is 469 g/mol. The summed E-state index contributed by atoms with van der Waals surface area (Å²) in [5, 5.41) is 7.12. The summed E-state index contributed by atoms with van der Waals surface area (Å²) in [7, 11) is 0. The van der Waals surface area contributed by atoms with Gasteiger partial charge in [-0.1, -0.05) is 23.8 Å². The molecule has 1 atom stereocenters. The van der Waals surface area contributed by atoms with E-state index in [0.29, 0.717) is 17.9 Å². The number of morpholine rings is 1. The van der Waals surface area contributed by atoms with Crippen molar-refractivity contribution >= 4 is 11.9 Å². The first-order valence-electron chi connectivity index (χ1n) is 11.6. The lowest BCUT2D eigenvalue weighted by Crippen LogP contribution is -2.45. The first kappa shape index (κ1) is 24.0. The number of nitrogens with zero attached hydrogens (tertiary/aromatic N) is 2. The van der Waals surface area contributed by atoms with Crippen LogP contribution in [0.2, 0.25) is 0 Å². The molecule has 9 heteroatoms. The van der Waals surface area contributed by atoms with Gasteiger partial charge in [-0.3, -0.25) is 9.69 Å². The highest BCUT2D eigenvalue weighted by Crippen LogP contribution is 2.53. The fourth-order valence-electron chi connectivity index (χ4n) is 5.44. The molecule has 1 saturated carbocycles. The summed E-state index contributed by atoms with van der Waals surface area (Å²) in [5.74, 6) is -1.98. The number of amides is 1. The third-order valence-electron chi connectivity index (χ3n) is 7.41. The molecule has 0 bridgehead atoms. The maximum absolute atomic E-state index is 12.5. The molecule has 1 spiro atoms. The second kappa shape index (κ2) is 9.25. The number of aliphatic carboxylic acids is 1. The fraction of sp³-hybridized carbons (Fsp3) is 0.667. The van der Waals surface area contributed by atoms with Crippen molar-refractivity contribution in [3.8, 4) is 0 Å². The van der Waals surface area contributed by atoms with Gasteiger partial charge < -0.3 is 14.7 Å². The van der Waals surface area contributed by atoms with Crippen LogP contribution in [0.25, 0.3) is 0 Å². The largest absolute Gasteiger partial charge is 0.490 e. The number of hydrogen-bond donors (Lipinski definition) is 1. The number of fused-ring (bicyclic) bond motifs is 2. The van der Waals surface area contributed by atoms with Crippen molar-refractivity contribution in [2.24, 2.45) is 5.92 Å². The Hall–Kier alpha value is -2.13. The molecular formula is C24H31F3N2O4. The molecule has 2 saturated heterocycles. The van der Waals surface area contributed by atoms with Gasteiger partial charge in [-0.05, 0) is 50.2 Å². The molecule has 1 aromatic rings. The standard InChI is InChI=1S/C22H30N2O2.C2HF3O2/c1-16-2-5-18-19(14-16)22(15-20(18)23-10-12-26-13-11-23)6-8-24(9-7-22)21(25)17-3-4-17;3-2(4,5)1(6)7/h2,5,14,17,20H,3-4,6-13,15H2,1H3;(H,6,7). The molecule has 1 unspecified atom stereocenters. The van der Waals surface area contributed by atoms with Crippen molar-refractivity contribution in [2.75, 3.05) is 39.4 Å². The maximum atomic E-state index is 12.5. The number of benzene rings is 1. The van der Waals surface area contributed by atoms with Gasteiger partial charge >= 0.3 is 12.1 Å². The third kappa shape index (κ3) is 5.19. The molecule has 2 aliphatic carbocycles. The Labute approximate surface area is 191 Å². The smallest absolute Gasteiger partial charge is 0.475 e. The van der Waals surface area contributed by atoms with Gasteiger partial charge in [0.15, 0.2) is 0 Å². The number of halogens is 3. The van der Waals surface area contributed by atoms with Crippen molar-refractivity contribution in [3.05, 3.63) is 34.9 Å². The van der Waals surface area contributed by atoms with E-state index in [0.717, 1.165) is 65.1 Å². The van der Waals surface area contributed by atoms with Crippen LogP contribution in [0.5, 0.6) is 0 Å². The molecule has 6 nitrogen and oxygen atoms in total. The Morgan fingerprint density at radius 1 is 1.09 bits per heavy atom.